The van der Waals surface area contributed by atoms with Crippen LogP contribution >= 0.6 is 11.8 Å². The summed E-state index contributed by atoms with van der Waals surface area (Å²) in [6.45, 7) is 1.80. The number of nitriles is 1. The zero-order chi connectivity index (χ0) is 9.36. The number of ether oxygens (including phenoxy) is 1. The fourth-order valence-electron chi connectivity index (χ4n) is 2.59. The van der Waals surface area contributed by atoms with Gasteiger partial charge in [-0.05, 0) is 37.4 Å². The van der Waals surface area contributed by atoms with Crippen molar-refractivity contribution < 1.29 is 4.74 Å². The normalized spacial score (nSPS) is 29.2. The molecule has 2 rings (SSSR count). The van der Waals surface area contributed by atoms with Crippen LogP contribution in [0.4, 0.5) is 0 Å². The molecule has 2 fully saturated rings. The Bertz CT molecular complexity index is 232. The van der Waals surface area contributed by atoms with Crippen molar-refractivity contribution in [3.8, 4) is 6.07 Å². The van der Waals surface area contributed by atoms with Gasteiger partial charge in [-0.2, -0.15) is 5.26 Å². The van der Waals surface area contributed by atoms with Crippen molar-refractivity contribution in [2.24, 2.45) is 5.41 Å². The molecule has 0 N–H and O–H groups in total. The van der Waals surface area contributed by atoms with Gasteiger partial charge in [0, 0.05) is 13.2 Å². The molecule has 3 heteroatoms. The summed E-state index contributed by atoms with van der Waals surface area (Å²) in [5.41, 5.74) is 0.469. The molecule has 0 aromatic heterocycles. The van der Waals surface area contributed by atoms with Gasteiger partial charge in [-0.15, -0.1) is 11.8 Å². The van der Waals surface area contributed by atoms with Crippen molar-refractivity contribution in [1.29, 1.82) is 5.26 Å². The van der Waals surface area contributed by atoms with Crippen molar-refractivity contribution in [1.82, 2.24) is 0 Å². The number of hydrogen-bond acceptors (Lipinski definition) is 3. The molecule has 2 aliphatic rings. The molecule has 1 saturated heterocycles. The van der Waals surface area contributed by atoms with Gasteiger partial charge in [0.2, 0.25) is 0 Å². The maximum absolute atomic E-state index is 9.05. The van der Waals surface area contributed by atoms with Crippen LogP contribution < -0.4 is 0 Å². The average molecular weight is 197 g/mol. The Balaban J connectivity index is 1.98. The number of rotatable bonds is 1. The van der Waals surface area contributed by atoms with E-state index in [1.807, 2.05) is 0 Å². The summed E-state index contributed by atoms with van der Waals surface area (Å²) in [4.78, 5) is 0. The van der Waals surface area contributed by atoms with Gasteiger partial charge in [-0.1, -0.05) is 0 Å². The quantitative estimate of drug-likeness (QED) is 0.646. The second-order valence-electron chi connectivity index (χ2n) is 4.28. The lowest BCUT2D eigenvalue weighted by Gasteiger charge is -2.53. The predicted octanol–water partition coefficient (Wildman–Crippen LogP) is 2.20. The molecule has 0 atom stereocenters. The summed E-state index contributed by atoms with van der Waals surface area (Å²) in [5.74, 6) is 0. The number of thioether (sulfide) groups is 1. The van der Waals surface area contributed by atoms with E-state index in [2.05, 4.69) is 12.3 Å². The molecular formula is C10H15NOS. The first-order valence-corrected chi connectivity index (χ1v) is 6.01. The third-order valence-corrected chi connectivity index (χ3v) is 4.63. The van der Waals surface area contributed by atoms with Gasteiger partial charge in [-0.25, -0.2) is 0 Å². The van der Waals surface area contributed by atoms with Crippen LogP contribution in [-0.2, 0) is 4.74 Å². The maximum Gasteiger partial charge on any atom is 0.103 e. The van der Waals surface area contributed by atoms with Gasteiger partial charge in [-0.3, -0.25) is 0 Å². The topological polar surface area (TPSA) is 33.0 Å². The third-order valence-electron chi connectivity index (χ3n) is 3.47. The average Bonchev–Trinajstić information content (AvgIpc) is 2.15. The highest BCUT2D eigenvalue weighted by atomic mass is 32.2. The van der Waals surface area contributed by atoms with Gasteiger partial charge >= 0.3 is 0 Å². The molecule has 1 aliphatic heterocycles. The zero-order valence-corrected chi connectivity index (χ0v) is 8.82. The van der Waals surface area contributed by atoms with E-state index >= 15 is 0 Å². The monoisotopic (exact) mass is 197 g/mol. The van der Waals surface area contributed by atoms with E-state index in [0.717, 1.165) is 38.9 Å². The fraction of sp³-hybridized carbons (Fsp3) is 0.900. The summed E-state index contributed by atoms with van der Waals surface area (Å²) in [6, 6.07) is 2.46. The molecular weight excluding hydrogens is 182 g/mol. The molecule has 0 bridgehead atoms. The summed E-state index contributed by atoms with van der Waals surface area (Å²) in [5, 5.41) is 9.05. The summed E-state index contributed by atoms with van der Waals surface area (Å²) in [6.07, 6.45) is 6.55. The first-order valence-electron chi connectivity index (χ1n) is 4.78. The van der Waals surface area contributed by atoms with Crippen LogP contribution in [-0.4, -0.2) is 24.2 Å². The van der Waals surface area contributed by atoms with Gasteiger partial charge in [0.15, 0.2) is 0 Å². The van der Waals surface area contributed by atoms with E-state index in [1.165, 1.54) is 0 Å². The Hall–Kier alpha value is -0.200. The van der Waals surface area contributed by atoms with E-state index in [-0.39, 0.29) is 4.75 Å². The molecule has 1 heterocycles. The molecule has 0 amide bonds. The minimum absolute atomic E-state index is 0.0582. The lowest BCUT2D eigenvalue weighted by molar-refractivity contribution is -0.0363. The van der Waals surface area contributed by atoms with Crippen LogP contribution in [0.1, 0.15) is 25.7 Å². The number of hydrogen-bond donors (Lipinski definition) is 0. The van der Waals surface area contributed by atoms with Crippen LogP contribution in [0.5, 0.6) is 0 Å². The van der Waals surface area contributed by atoms with Crippen molar-refractivity contribution in [2.45, 2.75) is 30.4 Å². The van der Waals surface area contributed by atoms with Crippen molar-refractivity contribution in [3.05, 3.63) is 0 Å². The highest BCUT2D eigenvalue weighted by molar-refractivity contribution is 8.00. The van der Waals surface area contributed by atoms with Gasteiger partial charge < -0.3 is 4.74 Å². The van der Waals surface area contributed by atoms with Crippen molar-refractivity contribution in [3.63, 3.8) is 0 Å². The highest BCUT2D eigenvalue weighted by Crippen LogP contribution is 2.59. The lowest BCUT2D eigenvalue weighted by atomic mass is 9.58. The SMILES string of the molecule is CSC1(C#N)CC2(CCOCC2)C1. The zero-order valence-electron chi connectivity index (χ0n) is 8.01. The second-order valence-corrected chi connectivity index (χ2v) is 5.47. The van der Waals surface area contributed by atoms with Crippen LogP contribution in [0.25, 0.3) is 0 Å². The van der Waals surface area contributed by atoms with Gasteiger partial charge in [0.25, 0.3) is 0 Å². The summed E-state index contributed by atoms with van der Waals surface area (Å²) in [7, 11) is 0. The Kier molecular flexibility index (Phi) is 2.29. The molecule has 0 unspecified atom stereocenters. The van der Waals surface area contributed by atoms with E-state index in [0.29, 0.717) is 5.41 Å². The highest BCUT2D eigenvalue weighted by Gasteiger charge is 2.54. The minimum atomic E-state index is -0.0582. The van der Waals surface area contributed by atoms with Crippen LogP contribution in [0.3, 0.4) is 0 Å². The lowest BCUT2D eigenvalue weighted by Crippen LogP contribution is -2.51. The van der Waals surface area contributed by atoms with E-state index in [9.17, 15) is 0 Å². The summed E-state index contributed by atoms with van der Waals surface area (Å²) < 4.78 is 5.29. The van der Waals surface area contributed by atoms with Crippen LogP contribution in [0.2, 0.25) is 0 Å². The number of nitrogens with zero attached hydrogens (tertiary/aromatic N) is 1. The molecule has 1 saturated carbocycles. The Morgan fingerprint density at radius 3 is 2.38 bits per heavy atom. The predicted molar refractivity (Wildman–Crippen MR) is 53.6 cm³/mol. The van der Waals surface area contributed by atoms with E-state index in [4.69, 9.17) is 10.00 Å². The van der Waals surface area contributed by atoms with Gasteiger partial charge in [0.05, 0.1) is 6.07 Å². The van der Waals surface area contributed by atoms with Crippen LogP contribution in [0.15, 0.2) is 0 Å². The van der Waals surface area contributed by atoms with Gasteiger partial charge in [0.1, 0.15) is 4.75 Å². The first-order chi connectivity index (χ1) is 6.24. The van der Waals surface area contributed by atoms with E-state index in [1.54, 1.807) is 11.8 Å². The second kappa shape index (κ2) is 3.18. The largest absolute Gasteiger partial charge is 0.381 e. The maximum atomic E-state index is 9.05. The Labute approximate surface area is 83.6 Å². The standard InChI is InChI=1S/C10H15NOS/c1-13-10(8-11)6-9(7-10)2-4-12-5-3-9/h2-7H2,1H3. The van der Waals surface area contributed by atoms with Crippen molar-refractivity contribution in [2.75, 3.05) is 19.5 Å². The minimum Gasteiger partial charge on any atom is -0.381 e. The Morgan fingerprint density at radius 1 is 1.31 bits per heavy atom. The van der Waals surface area contributed by atoms with Crippen LogP contribution in [0, 0.1) is 16.7 Å². The summed E-state index contributed by atoms with van der Waals surface area (Å²) >= 11 is 1.72. The third kappa shape index (κ3) is 1.47. The Morgan fingerprint density at radius 2 is 1.92 bits per heavy atom. The molecule has 0 aromatic carbocycles. The smallest absolute Gasteiger partial charge is 0.103 e. The first kappa shape index (κ1) is 9.36. The molecule has 72 valence electrons. The van der Waals surface area contributed by atoms with Crippen molar-refractivity contribution >= 4 is 11.8 Å². The molecule has 2 nitrogen and oxygen atoms in total. The van der Waals surface area contributed by atoms with E-state index < -0.39 is 0 Å². The fourth-order valence-corrected chi connectivity index (χ4v) is 3.58. The molecule has 1 aliphatic carbocycles. The molecule has 0 aromatic rings. The molecule has 0 radical (unpaired) electrons. The molecule has 13 heavy (non-hydrogen) atoms. The molecule has 1 spiro atoms.